The highest BCUT2D eigenvalue weighted by Crippen LogP contribution is 2.37. The van der Waals surface area contributed by atoms with Gasteiger partial charge < -0.3 is 5.11 Å². The molecule has 0 spiro atoms. The Morgan fingerprint density at radius 1 is 1.12 bits per heavy atom. The topological polar surface area (TPSA) is 83.5 Å². The van der Waals surface area contributed by atoms with Gasteiger partial charge in [-0.1, -0.05) is 11.6 Å². The van der Waals surface area contributed by atoms with Gasteiger partial charge in [-0.05, 0) is 54.2 Å². The molecule has 0 heterocycles. The Labute approximate surface area is 149 Å². The van der Waals surface area contributed by atoms with Crippen molar-refractivity contribution in [3.05, 3.63) is 53.1 Å². The van der Waals surface area contributed by atoms with Crippen LogP contribution in [0.4, 0.5) is 18.9 Å². The number of thioether (sulfide) groups is 1. The first kappa shape index (κ1) is 19.4. The molecule has 0 radical (unpaired) electrons. The number of carboxylic acid groups (broad SMARTS) is 1. The molecular weight excluding hydrogens is 403 g/mol. The summed E-state index contributed by atoms with van der Waals surface area (Å²) in [5.74, 6) is -1.39. The second-order valence-corrected chi connectivity index (χ2v) is 7.85. The van der Waals surface area contributed by atoms with E-state index in [-0.39, 0.29) is 37.8 Å². The Hall–Kier alpha value is -1.91. The van der Waals surface area contributed by atoms with Crippen molar-refractivity contribution in [2.45, 2.75) is 15.3 Å². The van der Waals surface area contributed by atoms with Gasteiger partial charge in [0, 0.05) is 10.6 Å². The van der Waals surface area contributed by atoms with E-state index in [9.17, 15) is 26.4 Å². The van der Waals surface area contributed by atoms with Crippen LogP contribution in [0.5, 0.6) is 0 Å². The Morgan fingerprint density at radius 2 is 1.72 bits per heavy atom. The van der Waals surface area contributed by atoms with Crippen LogP contribution in [0.2, 0.25) is 5.02 Å². The molecule has 2 N–H and O–H groups in total. The van der Waals surface area contributed by atoms with Crippen LogP contribution >= 0.6 is 23.4 Å². The van der Waals surface area contributed by atoms with Crippen LogP contribution in [0.1, 0.15) is 10.4 Å². The summed E-state index contributed by atoms with van der Waals surface area (Å²) in [6.07, 6.45) is 0. The fraction of sp³-hybridized carbons (Fsp3) is 0.0714. The molecule has 0 bridgehead atoms. The Balaban J connectivity index is 2.24. The highest BCUT2D eigenvalue weighted by Gasteiger charge is 2.29. The second kappa shape index (κ2) is 7.14. The lowest BCUT2D eigenvalue weighted by molar-refractivity contribution is -0.0328. The molecule has 0 saturated heterocycles. The molecule has 0 aliphatic rings. The van der Waals surface area contributed by atoms with Gasteiger partial charge in [-0.2, -0.15) is 13.2 Å². The van der Waals surface area contributed by atoms with E-state index in [2.05, 4.69) is 4.72 Å². The average Bonchev–Trinajstić information content (AvgIpc) is 2.47. The zero-order chi connectivity index (χ0) is 18.8. The molecule has 0 saturated carbocycles. The lowest BCUT2D eigenvalue weighted by Gasteiger charge is -2.10. The number of sulfonamides is 1. The van der Waals surface area contributed by atoms with Gasteiger partial charge in [-0.25, -0.2) is 13.2 Å². The smallest absolute Gasteiger partial charge is 0.446 e. The van der Waals surface area contributed by atoms with Crippen molar-refractivity contribution in [2.24, 2.45) is 0 Å². The number of alkyl halides is 3. The van der Waals surface area contributed by atoms with Gasteiger partial charge in [0.15, 0.2) is 0 Å². The first-order valence-corrected chi connectivity index (χ1v) is 9.07. The first-order chi connectivity index (χ1) is 11.5. The van der Waals surface area contributed by atoms with Gasteiger partial charge in [0.2, 0.25) is 0 Å². The van der Waals surface area contributed by atoms with E-state index in [1.807, 2.05) is 0 Å². The van der Waals surface area contributed by atoms with Crippen LogP contribution in [0.3, 0.4) is 0 Å². The van der Waals surface area contributed by atoms with E-state index in [0.717, 1.165) is 30.3 Å². The summed E-state index contributed by atoms with van der Waals surface area (Å²) in [6.45, 7) is 0. The van der Waals surface area contributed by atoms with Crippen molar-refractivity contribution in [3.8, 4) is 0 Å². The van der Waals surface area contributed by atoms with E-state index in [1.54, 1.807) is 0 Å². The summed E-state index contributed by atoms with van der Waals surface area (Å²) in [4.78, 5) is 10.6. The molecule has 2 aromatic carbocycles. The molecule has 0 amide bonds. The monoisotopic (exact) mass is 411 g/mol. The third-order valence-corrected chi connectivity index (χ3v) is 5.27. The molecule has 134 valence electrons. The van der Waals surface area contributed by atoms with E-state index in [1.165, 1.54) is 12.1 Å². The average molecular weight is 412 g/mol. The van der Waals surface area contributed by atoms with Gasteiger partial charge in [0.1, 0.15) is 0 Å². The fourth-order valence-electron chi connectivity index (χ4n) is 1.77. The minimum atomic E-state index is -4.45. The zero-order valence-electron chi connectivity index (χ0n) is 12.0. The summed E-state index contributed by atoms with van der Waals surface area (Å²) < 4.78 is 63.5. The molecule has 0 aromatic heterocycles. The van der Waals surface area contributed by atoms with Crippen molar-refractivity contribution >= 4 is 45.0 Å². The number of nitrogens with one attached hydrogen (secondary N) is 1. The number of carboxylic acids is 1. The molecule has 0 fully saturated rings. The molecular formula is C14H9ClF3NO4S2. The summed E-state index contributed by atoms with van der Waals surface area (Å²) >= 11 is 5.35. The maximum atomic E-state index is 12.3. The molecule has 11 heteroatoms. The molecule has 0 aliphatic heterocycles. The van der Waals surface area contributed by atoms with Crippen LogP contribution < -0.4 is 4.72 Å². The highest BCUT2D eigenvalue weighted by atomic mass is 35.5. The third kappa shape index (κ3) is 5.28. The number of anilines is 1. The van der Waals surface area contributed by atoms with Crippen LogP contribution in [-0.4, -0.2) is 25.0 Å². The largest absolute Gasteiger partial charge is 0.478 e. The van der Waals surface area contributed by atoms with Crippen LogP contribution in [0, 0.1) is 0 Å². The maximum Gasteiger partial charge on any atom is 0.446 e. The number of aromatic carboxylic acids is 1. The molecule has 2 rings (SSSR count). The SMILES string of the molecule is O=C(O)c1cc(S(=O)(=O)Nc2ccc(SC(F)(F)F)cc2)ccc1Cl. The predicted octanol–water partition coefficient (Wildman–Crippen LogP) is 4.45. The molecule has 2 aromatic rings. The summed E-state index contributed by atoms with van der Waals surface area (Å²) in [6, 6.07) is 7.69. The van der Waals surface area contributed by atoms with Gasteiger partial charge in [-0.15, -0.1) is 0 Å². The van der Waals surface area contributed by atoms with Crippen LogP contribution in [0.15, 0.2) is 52.3 Å². The standard InChI is InChI=1S/C14H9ClF3NO4S2/c15-12-6-5-10(7-11(12)13(20)21)25(22,23)19-8-1-3-9(4-2-8)24-14(16,17)18/h1-7,19H,(H,20,21). The fourth-order valence-corrected chi connectivity index (χ4v) is 3.60. The lowest BCUT2D eigenvalue weighted by atomic mass is 10.2. The van der Waals surface area contributed by atoms with E-state index in [0.29, 0.717) is 0 Å². The number of carbonyl (C=O) groups is 1. The van der Waals surface area contributed by atoms with Crippen molar-refractivity contribution < 1.29 is 31.5 Å². The number of halogens is 4. The first-order valence-electron chi connectivity index (χ1n) is 6.39. The molecule has 0 aliphatic carbocycles. The number of hydrogen-bond acceptors (Lipinski definition) is 4. The Morgan fingerprint density at radius 3 is 2.24 bits per heavy atom. The maximum absolute atomic E-state index is 12.3. The van der Waals surface area contributed by atoms with Crippen molar-refractivity contribution in [1.29, 1.82) is 0 Å². The third-order valence-electron chi connectivity index (χ3n) is 2.82. The van der Waals surface area contributed by atoms with E-state index < -0.39 is 21.5 Å². The van der Waals surface area contributed by atoms with Crippen LogP contribution in [0.25, 0.3) is 0 Å². The predicted molar refractivity (Wildman–Crippen MR) is 87.6 cm³/mol. The quantitative estimate of drug-likeness (QED) is 0.710. The van der Waals surface area contributed by atoms with Gasteiger partial charge in [-0.3, -0.25) is 4.72 Å². The van der Waals surface area contributed by atoms with Gasteiger partial charge >= 0.3 is 11.5 Å². The number of benzene rings is 2. The van der Waals surface area contributed by atoms with Crippen molar-refractivity contribution in [2.75, 3.05) is 4.72 Å². The zero-order valence-corrected chi connectivity index (χ0v) is 14.4. The van der Waals surface area contributed by atoms with Crippen molar-refractivity contribution in [1.82, 2.24) is 0 Å². The minimum absolute atomic E-state index is 0.0262. The molecule has 25 heavy (non-hydrogen) atoms. The molecule has 0 atom stereocenters. The van der Waals surface area contributed by atoms with Gasteiger partial charge in [0.05, 0.1) is 15.5 Å². The summed E-state index contributed by atoms with van der Waals surface area (Å²) in [5, 5.41) is 8.85. The lowest BCUT2D eigenvalue weighted by Crippen LogP contribution is -2.14. The summed E-state index contributed by atoms with van der Waals surface area (Å²) in [7, 11) is -4.14. The highest BCUT2D eigenvalue weighted by molar-refractivity contribution is 8.00. The Kier molecular flexibility index (Phi) is 5.55. The normalized spacial score (nSPS) is 12.0. The van der Waals surface area contributed by atoms with Crippen LogP contribution in [-0.2, 0) is 10.0 Å². The summed E-state index contributed by atoms with van der Waals surface area (Å²) in [5.41, 5.74) is -4.81. The van der Waals surface area contributed by atoms with Gasteiger partial charge in [0.25, 0.3) is 10.0 Å². The second-order valence-electron chi connectivity index (χ2n) is 4.62. The van der Waals surface area contributed by atoms with E-state index in [4.69, 9.17) is 16.7 Å². The molecule has 5 nitrogen and oxygen atoms in total. The number of rotatable bonds is 5. The van der Waals surface area contributed by atoms with E-state index >= 15 is 0 Å². The Bertz CT molecular complexity index is 899. The van der Waals surface area contributed by atoms with Crippen molar-refractivity contribution in [3.63, 3.8) is 0 Å². The number of hydrogen-bond donors (Lipinski definition) is 2. The molecule has 0 unspecified atom stereocenters. The minimum Gasteiger partial charge on any atom is -0.478 e.